The number of hydrogen-bond donors (Lipinski definition) is 2. The molecular weight excluding hydrogens is 237 g/mol. The summed E-state index contributed by atoms with van der Waals surface area (Å²) in [6.45, 7) is 0.407. The van der Waals surface area contributed by atoms with Crippen LogP contribution in [0, 0.1) is 5.82 Å². The van der Waals surface area contributed by atoms with E-state index in [4.69, 9.17) is 5.11 Å². The molecule has 0 radical (unpaired) electrons. The van der Waals surface area contributed by atoms with Gasteiger partial charge in [-0.2, -0.15) is 0 Å². The SMILES string of the molecule is COC(=O)CC(Cc1ccc(F)cc1)NCCO. The third-order valence-corrected chi connectivity index (χ3v) is 2.58. The highest BCUT2D eigenvalue weighted by atomic mass is 19.1. The van der Waals surface area contributed by atoms with Gasteiger partial charge in [0.1, 0.15) is 5.82 Å². The molecule has 0 aromatic heterocycles. The Morgan fingerprint density at radius 1 is 1.44 bits per heavy atom. The molecule has 0 spiro atoms. The Bertz CT molecular complexity index is 367. The standard InChI is InChI=1S/C13H18FNO3/c1-18-13(17)9-12(15-6-7-16)8-10-2-4-11(14)5-3-10/h2-5,12,15-16H,6-9H2,1H3. The van der Waals surface area contributed by atoms with Gasteiger partial charge < -0.3 is 15.2 Å². The van der Waals surface area contributed by atoms with Crippen molar-refractivity contribution in [3.8, 4) is 0 Å². The number of esters is 1. The first-order chi connectivity index (χ1) is 8.65. The van der Waals surface area contributed by atoms with Crippen molar-refractivity contribution < 1.29 is 19.0 Å². The number of carbonyl (C=O) groups is 1. The van der Waals surface area contributed by atoms with Gasteiger partial charge in [0.15, 0.2) is 0 Å². The maximum Gasteiger partial charge on any atom is 0.307 e. The summed E-state index contributed by atoms with van der Waals surface area (Å²) in [6.07, 6.45) is 0.795. The molecule has 0 bridgehead atoms. The number of rotatable bonds is 7. The molecule has 1 atom stereocenters. The first kappa shape index (κ1) is 14.6. The maximum atomic E-state index is 12.8. The van der Waals surface area contributed by atoms with Crippen molar-refractivity contribution in [3.05, 3.63) is 35.6 Å². The lowest BCUT2D eigenvalue weighted by Crippen LogP contribution is -2.35. The third kappa shape index (κ3) is 5.25. The zero-order valence-electron chi connectivity index (χ0n) is 10.4. The van der Waals surface area contributed by atoms with Gasteiger partial charge in [-0.15, -0.1) is 0 Å². The van der Waals surface area contributed by atoms with Gasteiger partial charge in [0.05, 0.1) is 20.1 Å². The molecule has 4 nitrogen and oxygen atoms in total. The number of carbonyl (C=O) groups excluding carboxylic acids is 1. The fraction of sp³-hybridized carbons (Fsp3) is 0.462. The molecule has 0 amide bonds. The summed E-state index contributed by atoms with van der Waals surface area (Å²) < 4.78 is 17.4. The Labute approximate surface area is 106 Å². The molecule has 0 aliphatic rings. The van der Waals surface area contributed by atoms with Crippen LogP contribution >= 0.6 is 0 Å². The Hall–Kier alpha value is -1.46. The number of nitrogens with one attached hydrogen (secondary N) is 1. The number of aliphatic hydroxyl groups is 1. The lowest BCUT2D eigenvalue weighted by atomic mass is 10.0. The summed E-state index contributed by atoms with van der Waals surface area (Å²) in [5.41, 5.74) is 0.927. The second-order valence-electron chi connectivity index (χ2n) is 3.99. The Balaban J connectivity index is 2.59. The largest absolute Gasteiger partial charge is 0.469 e. The van der Waals surface area contributed by atoms with E-state index >= 15 is 0 Å². The van der Waals surface area contributed by atoms with Crippen molar-refractivity contribution >= 4 is 5.97 Å². The Morgan fingerprint density at radius 2 is 2.11 bits per heavy atom. The average Bonchev–Trinajstić information content (AvgIpc) is 2.38. The second-order valence-corrected chi connectivity index (χ2v) is 3.99. The van der Waals surface area contributed by atoms with E-state index in [1.165, 1.54) is 19.2 Å². The third-order valence-electron chi connectivity index (χ3n) is 2.58. The monoisotopic (exact) mass is 255 g/mol. The van der Waals surface area contributed by atoms with E-state index in [0.29, 0.717) is 13.0 Å². The van der Waals surface area contributed by atoms with Gasteiger partial charge in [0.25, 0.3) is 0 Å². The summed E-state index contributed by atoms with van der Waals surface area (Å²) in [5, 5.41) is 11.8. The Kier molecular flexibility index (Phi) is 6.32. The molecule has 0 saturated carbocycles. The maximum absolute atomic E-state index is 12.8. The lowest BCUT2D eigenvalue weighted by Gasteiger charge is -2.17. The number of methoxy groups -OCH3 is 1. The van der Waals surface area contributed by atoms with E-state index in [1.807, 2.05) is 0 Å². The molecule has 1 aromatic rings. The number of halogens is 1. The summed E-state index contributed by atoms with van der Waals surface area (Å²) in [4.78, 5) is 11.2. The highest BCUT2D eigenvalue weighted by Crippen LogP contribution is 2.08. The van der Waals surface area contributed by atoms with Gasteiger partial charge in [-0.3, -0.25) is 4.79 Å². The first-order valence-corrected chi connectivity index (χ1v) is 5.81. The molecule has 1 rings (SSSR count). The summed E-state index contributed by atoms with van der Waals surface area (Å²) in [6, 6.07) is 6.00. The van der Waals surface area contributed by atoms with E-state index in [9.17, 15) is 9.18 Å². The molecule has 0 heterocycles. The van der Waals surface area contributed by atoms with Gasteiger partial charge in [-0.05, 0) is 24.1 Å². The quantitative estimate of drug-likeness (QED) is 0.710. The van der Waals surface area contributed by atoms with Crippen LogP contribution in [0.3, 0.4) is 0 Å². The summed E-state index contributed by atoms with van der Waals surface area (Å²) in [5.74, 6) is -0.598. The highest BCUT2D eigenvalue weighted by Gasteiger charge is 2.14. The van der Waals surface area contributed by atoms with Crippen LogP contribution < -0.4 is 5.32 Å². The molecule has 0 saturated heterocycles. The zero-order valence-corrected chi connectivity index (χ0v) is 10.4. The minimum atomic E-state index is -0.312. The van der Waals surface area contributed by atoms with Crippen molar-refractivity contribution in [2.24, 2.45) is 0 Å². The molecule has 100 valence electrons. The lowest BCUT2D eigenvalue weighted by molar-refractivity contribution is -0.141. The minimum Gasteiger partial charge on any atom is -0.469 e. The fourth-order valence-corrected chi connectivity index (χ4v) is 1.67. The topological polar surface area (TPSA) is 58.6 Å². The number of ether oxygens (including phenoxy) is 1. The van der Waals surface area contributed by atoms with Crippen LogP contribution in [0.5, 0.6) is 0 Å². The van der Waals surface area contributed by atoms with Crippen molar-refractivity contribution in [1.82, 2.24) is 5.32 Å². The van der Waals surface area contributed by atoms with E-state index in [2.05, 4.69) is 10.1 Å². The van der Waals surface area contributed by atoms with Gasteiger partial charge in [-0.1, -0.05) is 12.1 Å². The van der Waals surface area contributed by atoms with E-state index in [1.54, 1.807) is 12.1 Å². The van der Waals surface area contributed by atoms with Crippen LogP contribution in [0.15, 0.2) is 24.3 Å². The van der Waals surface area contributed by atoms with Gasteiger partial charge in [-0.25, -0.2) is 4.39 Å². The average molecular weight is 255 g/mol. The molecule has 0 fully saturated rings. The molecule has 5 heteroatoms. The summed E-state index contributed by atoms with van der Waals surface area (Å²) >= 11 is 0. The van der Waals surface area contributed by atoms with Crippen LogP contribution in [-0.4, -0.2) is 37.4 Å². The molecule has 0 aliphatic heterocycles. The number of benzene rings is 1. The van der Waals surface area contributed by atoms with Crippen molar-refractivity contribution in [2.45, 2.75) is 18.9 Å². The van der Waals surface area contributed by atoms with Crippen LogP contribution in [0.1, 0.15) is 12.0 Å². The van der Waals surface area contributed by atoms with Gasteiger partial charge in [0.2, 0.25) is 0 Å². The molecule has 0 aliphatic carbocycles. The smallest absolute Gasteiger partial charge is 0.307 e. The van der Waals surface area contributed by atoms with E-state index in [-0.39, 0.29) is 30.9 Å². The molecule has 1 unspecified atom stereocenters. The Morgan fingerprint density at radius 3 is 2.67 bits per heavy atom. The molecular formula is C13H18FNO3. The van der Waals surface area contributed by atoms with Gasteiger partial charge in [0, 0.05) is 12.6 Å². The number of aliphatic hydroxyl groups excluding tert-OH is 1. The minimum absolute atomic E-state index is 0.00108. The molecule has 18 heavy (non-hydrogen) atoms. The van der Waals surface area contributed by atoms with Crippen LogP contribution in [-0.2, 0) is 16.0 Å². The van der Waals surface area contributed by atoms with Crippen molar-refractivity contribution in [1.29, 1.82) is 0 Å². The zero-order chi connectivity index (χ0) is 13.4. The molecule has 1 aromatic carbocycles. The van der Waals surface area contributed by atoms with Crippen LogP contribution in [0.25, 0.3) is 0 Å². The predicted molar refractivity (Wildman–Crippen MR) is 65.6 cm³/mol. The second kappa shape index (κ2) is 7.79. The van der Waals surface area contributed by atoms with E-state index < -0.39 is 0 Å². The highest BCUT2D eigenvalue weighted by molar-refractivity contribution is 5.69. The number of hydrogen-bond acceptors (Lipinski definition) is 4. The normalized spacial score (nSPS) is 12.2. The van der Waals surface area contributed by atoms with Crippen molar-refractivity contribution in [3.63, 3.8) is 0 Å². The van der Waals surface area contributed by atoms with E-state index in [0.717, 1.165) is 5.56 Å². The molecule has 2 N–H and O–H groups in total. The van der Waals surface area contributed by atoms with Crippen LogP contribution in [0.2, 0.25) is 0 Å². The van der Waals surface area contributed by atoms with Crippen molar-refractivity contribution in [2.75, 3.05) is 20.3 Å². The predicted octanol–water partition coefficient (Wildman–Crippen LogP) is 0.882. The van der Waals surface area contributed by atoms with Gasteiger partial charge >= 0.3 is 5.97 Å². The summed E-state index contributed by atoms with van der Waals surface area (Å²) in [7, 11) is 1.34. The fourth-order valence-electron chi connectivity index (χ4n) is 1.67. The van der Waals surface area contributed by atoms with Crippen LogP contribution in [0.4, 0.5) is 4.39 Å². The first-order valence-electron chi connectivity index (χ1n) is 5.81.